The van der Waals surface area contributed by atoms with Gasteiger partial charge in [-0.15, -0.1) is 0 Å². The Kier molecular flexibility index (Phi) is 7.07. The first-order chi connectivity index (χ1) is 17.1. The van der Waals surface area contributed by atoms with Gasteiger partial charge < -0.3 is 10.2 Å². The molecule has 1 aromatic heterocycles. The standard InChI is InChI=1S/C29H29ClN4O/c1-34-15-3-5-20(18-34)13-14-31-29-26-12-11-25(30)17-27(26)32-28(33-29)23-9-7-22(8-10-23)24-6-2-4-21(16-24)19-35/h2,4,6-12,16-17,19-20H,3,5,13-15,18H2,1H3,(H,31,32,33). The third-order valence-electron chi connectivity index (χ3n) is 6.73. The topological polar surface area (TPSA) is 58.1 Å². The Hall–Kier alpha value is -3.28. The van der Waals surface area contributed by atoms with Crippen LogP contribution in [-0.2, 0) is 0 Å². The molecule has 0 spiro atoms. The molecule has 1 aliphatic rings. The lowest BCUT2D eigenvalue weighted by Gasteiger charge is -2.29. The number of fused-ring (bicyclic) bond motifs is 1. The van der Waals surface area contributed by atoms with Gasteiger partial charge in [0.1, 0.15) is 12.1 Å². The predicted molar refractivity (Wildman–Crippen MR) is 144 cm³/mol. The van der Waals surface area contributed by atoms with Crippen molar-refractivity contribution in [3.63, 3.8) is 0 Å². The van der Waals surface area contributed by atoms with Gasteiger partial charge in [0.2, 0.25) is 0 Å². The lowest BCUT2D eigenvalue weighted by Crippen LogP contribution is -2.32. The van der Waals surface area contributed by atoms with Crippen molar-refractivity contribution in [1.29, 1.82) is 0 Å². The molecule has 35 heavy (non-hydrogen) atoms. The third-order valence-corrected chi connectivity index (χ3v) is 6.96. The number of rotatable bonds is 7. The highest BCUT2D eigenvalue weighted by Gasteiger charge is 2.17. The van der Waals surface area contributed by atoms with Gasteiger partial charge in [-0.05, 0) is 74.2 Å². The van der Waals surface area contributed by atoms with Gasteiger partial charge in [-0.2, -0.15) is 0 Å². The van der Waals surface area contributed by atoms with Crippen molar-refractivity contribution in [2.24, 2.45) is 5.92 Å². The quantitative estimate of drug-likeness (QED) is 0.300. The molecule has 1 saturated heterocycles. The van der Waals surface area contributed by atoms with Gasteiger partial charge in [0.05, 0.1) is 5.52 Å². The van der Waals surface area contributed by atoms with Crippen LogP contribution in [0.15, 0.2) is 66.7 Å². The number of carbonyl (C=O) groups is 1. The van der Waals surface area contributed by atoms with E-state index in [2.05, 4.69) is 17.3 Å². The number of aromatic nitrogens is 2. The van der Waals surface area contributed by atoms with Gasteiger partial charge in [-0.1, -0.05) is 54.1 Å². The Labute approximate surface area is 211 Å². The molecule has 4 aromatic rings. The number of likely N-dealkylation sites (tertiary alicyclic amines) is 1. The monoisotopic (exact) mass is 484 g/mol. The first-order valence-corrected chi connectivity index (χ1v) is 12.5. The molecular formula is C29H29ClN4O. The van der Waals surface area contributed by atoms with Crippen LogP contribution in [0.3, 0.4) is 0 Å². The minimum atomic E-state index is 0.656. The Morgan fingerprint density at radius 2 is 1.86 bits per heavy atom. The molecule has 1 atom stereocenters. The molecule has 0 aliphatic carbocycles. The van der Waals surface area contributed by atoms with Crippen LogP contribution in [0.4, 0.5) is 5.82 Å². The lowest BCUT2D eigenvalue weighted by molar-refractivity contribution is 0.112. The van der Waals surface area contributed by atoms with E-state index in [0.717, 1.165) is 59.2 Å². The van der Waals surface area contributed by atoms with Crippen molar-refractivity contribution in [2.75, 3.05) is 32.0 Å². The maximum atomic E-state index is 11.1. The van der Waals surface area contributed by atoms with Crippen molar-refractivity contribution in [1.82, 2.24) is 14.9 Å². The molecule has 1 aliphatic heterocycles. The zero-order valence-corrected chi connectivity index (χ0v) is 20.6. The number of piperidine rings is 1. The third kappa shape index (κ3) is 5.53. The summed E-state index contributed by atoms with van der Waals surface area (Å²) in [6.45, 7) is 3.24. The van der Waals surface area contributed by atoms with Crippen LogP contribution in [0.25, 0.3) is 33.4 Å². The van der Waals surface area contributed by atoms with E-state index >= 15 is 0 Å². The normalized spacial score (nSPS) is 16.3. The smallest absolute Gasteiger partial charge is 0.162 e. The maximum absolute atomic E-state index is 11.1. The Morgan fingerprint density at radius 3 is 2.66 bits per heavy atom. The zero-order chi connectivity index (χ0) is 24.2. The average Bonchev–Trinajstić information content (AvgIpc) is 2.88. The second-order valence-electron chi connectivity index (χ2n) is 9.36. The maximum Gasteiger partial charge on any atom is 0.162 e. The van der Waals surface area contributed by atoms with E-state index in [9.17, 15) is 4.79 Å². The van der Waals surface area contributed by atoms with E-state index in [1.165, 1.54) is 19.4 Å². The number of hydrogen-bond acceptors (Lipinski definition) is 5. The molecule has 178 valence electrons. The van der Waals surface area contributed by atoms with E-state index in [-0.39, 0.29) is 0 Å². The molecule has 2 heterocycles. The number of aldehydes is 1. The Bertz CT molecular complexity index is 1340. The zero-order valence-electron chi connectivity index (χ0n) is 19.9. The largest absolute Gasteiger partial charge is 0.369 e. The van der Waals surface area contributed by atoms with Crippen LogP contribution in [0, 0.1) is 5.92 Å². The van der Waals surface area contributed by atoms with Crippen LogP contribution in [-0.4, -0.2) is 47.8 Å². The Morgan fingerprint density at radius 1 is 1.03 bits per heavy atom. The summed E-state index contributed by atoms with van der Waals surface area (Å²) >= 11 is 6.29. The van der Waals surface area contributed by atoms with Gasteiger partial charge in [0.25, 0.3) is 0 Å². The fourth-order valence-electron chi connectivity index (χ4n) is 4.87. The fraction of sp³-hybridized carbons (Fsp3) is 0.276. The lowest BCUT2D eigenvalue weighted by atomic mass is 9.95. The summed E-state index contributed by atoms with van der Waals surface area (Å²) in [6.07, 6.45) is 4.55. The molecule has 1 unspecified atom stereocenters. The van der Waals surface area contributed by atoms with Gasteiger partial charge in [0.15, 0.2) is 5.82 Å². The highest BCUT2D eigenvalue weighted by atomic mass is 35.5. The molecule has 0 saturated carbocycles. The van der Waals surface area contributed by atoms with E-state index < -0.39 is 0 Å². The number of benzene rings is 3. The van der Waals surface area contributed by atoms with E-state index in [1.807, 2.05) is 60.7 Å². The molecule has 1 N–H and O–H groups in total. The van der Waals surface area contributed by atoms with Gasteiger partial charge in [-0.25, -0.2) is 9.97 Å². The summed E-state index contributed by atoms with van der Waals surface area (Å²) in [6, 6.07) is 21.5. The van der Waals surface area contributed by atoms with Crippen LogP contribution in [0.1, 0.15) is 29.6 Å². The summed E-state index contributed by atoms with van der Waals surface area (Å²) < 4.78 is 0. The van der Waals surface area contributed by atoms with E-state index in [4.69, 9.17) is 21.6 Å². The SMILES string of the molecule is CN1CCCC(CCNc2nc(-c3ccc(-c4cccc(C=O)c4)cc3)nc3cc(Cl)ccc23)C1. The molecule has 5 nitrogen and oxygen atoms in total. The molecule has 0 bridgehead atoms. The summed E-state index contributed by atoms with van der Waals surface area (Å²) in [5.41, 5.74) is 4.46. The number of nitrogens with zero attached hydrogens (tertiary/aromatic N) is 3. The second-order valence-corrected chi connectivity index (χ2v) is 9.80. The molecule has 3 aromatic carbocycles. The van der Waals surface area contributed by atoms with Crippen molar-refractivity contribution < 1.29 is 4.79 Å². The van der Waals surface area contributed by atoms with Crippen molar-refractivity contribution >= 4 is 34.6 Å². The first kappa shape index (κ1) is 23.5. The van der Waals surface area contributed by atoms with Crippen LogP contribution < -0.4 is 5.32 Å². The van der Waals surface area contributed by atoms with E-state index in [1.54, 1.807) is 6.07 Å². The highest BCUT2D eigenvalue weighted by molar-refractivity contribution is 6.31. The molecule has 0 amide bonds. The summed E-state index contributed by atoms with van der Waals surface area (Å²) in [5, 5.41) is 5.21. The summed E-state index contributed by atoms with van der Waals surface area (Å²) in [7, 11) is 2.21. The Balaban J connectivity index is 1.41. The van der Waals surface area contributed by atoms with Crippen LogP contribution in [0.5, 0.6) is 0 Å². The van der Waals surface area contributed by atoms with Crippen LogP contribution >= 0.6 is 11.6 Å². The first-order valence-electron chi connectivity index (χ1n) is 12.1. The predicted octanol–water partition coefficient (Wildman–Crippen LogP) is 6.57. The number of hydrogen-bond donors (Lipinski definition) is 1. The summed E-state index contributed by atoms with van der Waals surface area (Å²) in [4.78, 5) is 23.3. The molecule has 5 rings (SSSR count). The molecule has 1 fully saturated rings. The second kappa shape index (κ2) is 10.5. The molecule has 0 radical (unpaired) electrons. The van der Waals surface area contributed by atoms with Crippen molar-refractivity contribution in [2.45, 2.75) is 19.3 Å². The van der Waals surface area contributed by atoms with Crippen molar-refractivity contribution in [3.8, 4) is 22.5 Å². The van der Waals surface area contributed by atoms with Crippen LogP contribution in [0.2, 0.25) is 5.02 Å². The van der Waals surface area contributed by atoms with E-state index in [0.29, 0.717) is 22.3 Å². The minimum Gasteiger partial charge on any atom is -0.369 e. The van der Waals surface area contributed by atoms with Gasteiger partial charge >= 0.3 is 0 Å². The highest BCUT2D eigenvalue weighted by Crippen LogP contribution is 2.29. The fourth-order valence-corrected chi connectivity index (χ4v) is 5.04. The number of anilines is 1. The molecule has 6 heteroatoms. The van der Waals surface area contributed by atoms with Gasteiger partial charge in [0, 0.05) is 34.6 Å². The number of halogens is 1. The minimum absolute atomic E-state index is 0.656. The average molecular weight is 485 g/mol. The van der Waals surface area contributed by atoms with Gasteiger partial charge in [-0.3, -0.25) is 4.79 Å². The summed E-state index contributed by atoms with van der Waals surface area (Å²) in [5.74, 6) is 2.22. The number of carbonyl (C=O) groups excluding carboxylic acids is 1. The molecular weight excluding hydrogens is 456 g/mol. The number of nitrogens with one attached hydrogen (secondary N) is 1. The van der Waals surface area contributed by atoms with Crippen molar-refractivity contribution in [3.05, 3.63) is 77.3 Å².